The minimum atomic E-state index is -2.06. The Morgan fingerprint density at radius 2 is 1.07 bits per heavy atom. The first kappa shape index (κ1) is 60.0. The minimum absolute atomic E-state index is 0.00136. The van der Waals surface area contributed by atoms with Crippen LogP contribution in [0.4, 0.5) is 5.69 Å². The average Bonchev–Trinajstić information content (AvgIpc) is 3.27. The van der Waals surface area contributed by atoms with Gasteiger partial charge in [-0.25, -0.2) is 9.59 Å². The Morgan fingerprint density at radius 1 is 0.614 bits per heavy atom. The van der Waals surface area contributed by atoms with Gasteiger partial charge in [-0.05, 0) is 57.4 Å². The number of amides is 7. The lowest BCUT2D eigenvalue weighted by atomic mass is 10.1. The highest BCUT2D eigenvalue weighted by Crippen LogP contribution is 2.12. The van der Waals surface area contributed by atoms with Crippen LogP contribution in [0.15, 0.2) is 53.8 Å². The van der Waals surface area contributed by atoms with Gasteiger partial charge in [0, 0.05) is 48.4 Å². The fourth-order valence-corrected chi connectivity index (χ4v) is 6.03. The molecule has 0 aliphatic rings. The normalized spacial score (nSPS) is 13.4. The van der Waals surface area contributed by atoms with Crippen LogP contribution in [0.2, 0.25) is 0 Å². The van der Waals surface area contributed by atoms with E-state index in [1.54, 1.807) is 13.8 Å². The Bertz CT molecular complexity index is 2190. The number of carbonyl (C=O) groups is 12. The smallest absolute Gasteiger partial charge is 0.327 e. The molecule has 0 unspecified atom stereocenters. The number of benzene rings is 1. The number of rotatable bonds is 33. The summed E-state index contributed by atoms with van der Waals surface area (Å²) >= 11 is 3.79. The summed E-state index contributed by atoms with van der Waals surface area (Å²) < 4.78 is 0. The predicted octanol–water partition coefficient (Wildman–Crippen LogP) is -2.45. The van der Waals surface area contributed by atoms with Gasteiger partial charge in [-0.3, -0.25) is 52.9 Å². The quantitative estimate of drug-likeness (QED) is 0.0150. The molecule has 0 aliphatic carbocycles. The predicted molar refractivity (Wildman–Crippen MR) is 249 cm³/mol. The summed E-state index contributed by atoms with van der Waals surface area (Å²) in [6, 6.07) is -5.13. The Morgan fingerprint density at radius 3 is 1.51 bits per heavy atom. The molecule has 0 bridgehead atoms. The van der Waals surface area contributed by atoms with Crippen LogP contribution in [-0.2, 0) is 52.7 Å². The number of nitrogens with one attached hydrogen (secondary N) is 9. The summed E-state index contributed by atoms with van der Waals surface area (Å²) in [5, 5.41) is 68.6. The number of hydrogen-bond donors (Lipinski definition) is 15. The largest absolute Gasteiger partial charge is 0.481 e. The van der Waals surface area contributed by atoms with Crippen LogP contribution >= 0.6 is 12.6 Å². The van der Waals surface area contributed by atoms with Gasteiger partial charge in [-0.1, -0.05) is 13.2 Å². The van der Waals surface area contributed by atoms with Gasteiger partial charge >= 0.3 is 29.8 Å². The molecule has 1 aromatic carbocycles. The highest BCUT2D eigenvalue weighted by atomic mass is 32.1. The number of hydrogen-bond acceptors (Lipinski definition) is 16. The van der Waals surface area contributed by atoms with E-state index in [1.807, 2.05) is 10.6 Å². The molecule has 0 fully saturated rings. The molecule has 1 aromatic rings. The van der Waals surface area contributed by atoms with Gasteiger partial charge in [0.1, 0.15) is 41.9 Å². The third-order valence-electron chi connectivity index (χ3n) is 9.35. The molecule has 0 heterocycles. The first-order valence-corrected chi connectivity index (χ1v) is 21.6. The maximum atomic E-state index is 13.7. The molecule has 27 nitrogen and oxygen atoms in total. The lowest BCUT2D eigenvalue weighted by molar-refractivity contribution is -0.144. The fourth-order valence-electron chi connectivity index (χ4n) is 5.78. The number of likely N-dealkylation sites (N-methyl/N-ethyl adjacent to an activating group) is 1. The number of carboxylic acid groups (broad SMARTS) is 5. The van der Waals surface area contributed by atoms with E-state index in [9.17, 15) is 83.1 Å². The summed E-state index contributed by atoms with van der Waals surface area (Å²) in [6.45, 7) is 10.9. The van der Waals surface area contributed by atoms with Crippen molar-refractivity contribution < 1.29 is 83.1 Å². The summed E-state index contributed by atoms with van der Waals surface area (Å²) in [5.41, 5.74) is 1.59. The Kier molecular flexibility index (Phi) is 26.0. The SMILES string of the molecule is C=C(C)NCCC[C@H](NC(=O)[C@H](CC(=O)O)NC(=O)CC[C@H](NC(=O)c1ccc(NCC(C)=NC(=C)C(=O)NC)cc1)C(=O)O)C(=O)N[C@@H](CC(=O)O)C(=O)N[C@@H](CC(=O)O)C(=O)N[C@@H](CS)C(=O)O. The summed E-state index contributed by atoms with van der Waals surface area (Å²) in [4.78, 5) is 154. The maximum Gasteiger partial charge on any atom is 0.327 e. The molecule has 0 saturated carbocycles. The second-order valence-electron chi connectivity index (χ2n) is 15.2. The second kappa shape index (κ2) is 30.4. The number of carbonyl (C=O) groups excluding carboxylic acids is 7. The Balaban J connectivity index is 3.21. The molecule has 6 atom stereocenters. The number of carboxylic acids is 5. The molecule has 14 N–H and O–H groups in total. The molecule has 0 spiro atoms. The van der Waals surface area contributed by atoms with E-state index in [4.69, 9.17) is 0 Å². The molecule has 7 amide bonds. The lowest BCUT2D eigenvalue weighted by Gasteiger charge is -2.26. The van der Waals surface area contributed by atoms with Crippen molar-refractivity contribution >= 4 is 95.2 Å². The first-order chi connectivity index (χ1) is 32.8. The zero-order valence-corrected chi connectivity index (χ0v) is 39.2. The monoisotopic (exact) mass is 1010 g/mol. The molecular weight excluding hydrogens is 949 g/mol. The average molecular weight is 1010 g/mol. The van der Waals surface area contributed by atoms with Gasteiger partial charge in [0.2, 0.25) is 29.5 Å². The van der Waals surface area contributed by atoms with Gasteiger partial charge in [0.15, 0.2) is 0 Å². The van der Waals surface area contributed by atoms with Crippen molar-refractivity contribution in [1.82, 2.24) is 42.5 Å². The third-order valence-corrected chi connectivity index (χ3v) is 9.72. The number of thiol groups is 1. The number of nitrogens with zero attached hydrogens (tertiary/aromatic N) is 1. The van der Waals surface area contributed by atoms with Gasteiger partial charge in [-0.2, -0.15) is 12.6 Å². The number of allylic oxidation sites excluding steroid dienone is 1. The first-order valence-electron chi connectivity index (χ1n) is 21.0. The van der Waals surface area contributed by atoms with Crippen molar-refractivity contribution in [2.45, 2.75) is 95.0 Å². The highest BCUT2D eigenvalue weighted by molar-refractivity contribution is 7.80. The van der Waals surface area contributed by atoms with E-state index in [-0.39, 0.29) is 37.2 Å². The zero-order valence-electron chi connectivity index (χ0n) is 38.3. The van der Waals surface area contributed by atoms with Gasteiger partial charge in [0.05, 0.1) is 25.8 Å². The van der Waals surface area contributed by atoms with E-state index in [0.29, 0.717) is 17.1 Å². The van der Waals surface area contributed by atoms with Crippen molar-refractivity contribution in [1.29, 1.82) is 0 Å². The molecule has 0 aromatic heterocycles. The van der Waals surface area contributed by atoms with Crippen molar-refractivity contribution in [2.24, 2.45) is 4.99 Å². The molecule has 0 radical (unpaired) electrons. The third kappa shape index (κ3) is 23.1. The Hall–Kier alpha value is -8.04. The fraction of sp³-hybridized carbons (Fsp3) is 0.452. The number of aliphatic carboxylic acids is 5. The van der Waals surface area contributed by atoms with Crippen LogP contribution < -0.4 is 47.9 Å². The number of anilines is 1. The van der Waals surface area contributed by atoms with E-state index in [0.717, 1.165) is 0 Å². The van der Waals surface area contributed by atoms with E-state index < -0.39 is 145 Å². The standard InChI is InChI=1S/C42H58N10O17S/c1-20(2)44-14-6-7-25(37(62)50-28(16-33(56)57)39(64)51-29(17-34(58)59)40(65)52-30(19-70)42(68)69)48-38(63)27(15-32(54)55)47-31(53)13-12-26(41(66)67)49-36(61)23-8-10-24(11-9-23)45-18-21(3)46-22(4)35(60)43-5/h8-11,25-30,44-45,70H,1,4,6-7,12-19H2,2-3,5H3,(H,43,60)(H,47,53)(H,48,63)(H,49,61)(H,50,62)(H,51,64)(H,52,65)(H,54,55)(H,56,57)(H,58,59)(H,66,67)(H,68,69)/t25-,26-,27-,28-,29-,30-/m0/s1. The second-order valence-corrected chi connectivity index (χ2v) is 15.6. The highest BCUT2D eigenvalue weighted by Gasteiger charge is 2.35. The molecule has 384 valence electrons. The van der Waals surface area contributed by atoms with E-state index >= 15 is 0 Å². The lowest BCUT2D eigenvalue weighted by Crippen LogP contribution is -2.59. The minimum Gasteiger partial charge on any atom is -0.481 e. The topological polar surface area (TPSA) is 427 Å². The molecule has 70 heavy (non-hydrogen) atoms. The number of aliphatic imine (C=N–C) groups is 1. The molecule has 28 heteroatoms. The zero-order chi connectivity index (χ0) is 53.2. The van der Waals surface area contributed by atoms with Crippen LogP contribution in [0, 0.1) is 0 Å². The van der Waals surface area contributed by atoms with Crippen molar-refractivity contribution in [3.8, 4) is 0 Å². The summed E-state index contributed by atoms with van der Waals surface area (Å²) in [5.74, 6) is -16.0. The molecular formula is C42H58N10O17S. The van der Waals surface area contributed by atoms with E-state index in [1.165, 1.54) is 31.3 Å². The summed E-state index contributed by atoms with van der Waals surface area (Å²) in [7, 11) is 1.43. The molecule has 0 aliphatic heterocycles. The molecule has 0 saturated heterocycles. The van der Waals surface area contributed by atoms with Crippen LogP contribution in [-0.4, -0.2) is 165 Å². The Labute approximate surface area is 405 Å². The van der Waals surface area contributed by atoms with Gasteiger partial charge in [-0.15, -0.1) is 0 Å². The van der Waals surface area contributed by atoms with Crippen LogP contribution in [0.5, 0.6) is 0 Å². The van der Waals surface area contributed by atoms with Crippen molar-refractivity contribution in [3.63, 3.8) is 0 Å². The van der Waals surface area contributed by atoms with Crippen LogP contribution in [0.3, 0.4) is 0 Å². The van der Waals surface area contributed by atoms with Crippen molar-refractivity contribution in [3.05, 3.63) is 54.4 Å². The molecule has 1 rings (SSSR count). The van der Waals surface area contributed by atoms with Crippen molar-refractivity contribution in [2.75, 3.05) is 31.2 Å². The maximum absolute atomic E-state index is 13.7. The van der Waals surface area contributed by atoms with Gasteiger partial charge in [0.25, 0.3) is 11.8 Å². The van der Waals surface area contributed by atoms with Crippen LogP contribution in [0.25, 0.3) is 0 Å². The van der Waals surface area contributed by atoms with E-state index in [2.05, 4.69) is 68.0 Å². The van der Waals surface area contributed by atoms with Crippen LogP contribution in [0.1, 0.15) is 69.2 Å². The summed E-state index contributed by atoms with van der Waals surface area (Å²) in [6.07, 6.45) is -4.78. The van der Waals surface area contributed by atoms with Gasteiger partial charge < -0.3 is 73.4 Å².